The highest BCUT2D eigenvalue weighted by Gasteiger charge is 2.17. The van der Waals surface area contributed by atoms with Crippen molar-refractivity contribution in [3.05, 3.63) is 0 Å². The number of rotatable bonds is 5. The second-order valence-corrected chi connectivity index (χ2v) is 5.94. The van der Waals surface area contributed by atoms with Crippen LogP contribution < -0.4 is 11.3 Å². The van der Waals surface area contributed by atoms with Crippen LogP contribution in [0.1, 0.15) is 46.0 Å². The van der Waals surface area contributed by atoms with E-state index in [0.717, 1.165) is 5.25 Å². The predicted molar refractivity (Wildman–Crippen MR) is 65.3 cm³/mol. The largest absolute Gasteiger partial charge is 0.271 e. The summed E-state index contributed by atoms with van der Waals surface area (Å²) in [6.45, 7) is 4.46. The third-order valence-corrected chi connectivity index (χ3v) is 4.58. The fourth-order valence-electron chi connectivity index (χ4n) is 1.90. The molecule has 0 radical (unpaired) electrons. The van der Waals surface area contributed by atoms with Crippen LogP contribution in [0.2, 0.25) is 0 Å². The Morgan fingerprint density at radius 3 is 2.43 bits per heavy atom. The molecule has 1 fully saturated rings. The fraction of sp³-hybridized carbons (Fsp3) is 1.00. The van der Waals surface area contributed by atoms with E-state index in [1.54, 1.807) is 0 Å². The Morgan fingerprint density at radius 2 is 1.93 bits per heavy atom. The molecule has 1 unspecified atom stereocenters. The summed E-state index contributed by atoms with van der Waals surface area (Å²) in [6, 6.07) is 0.474. The van der Waals surface area contributed by atoms with E-state index in [-0.39, 0.29) is 0 Å². The molecule has 1 aliphatic carbocycles. The molecule has 1 atom stereocenters. The summed E-state index contributed by atoms with van der Waals surface area (Å²) in [5.41, 5.74) is 2.92. The van der Waals surface area contributed by atoms with Crippen molar-refractivity contribution in [1.29, 1.82) is 0 Å². The Morgan fingerprint density at radius 1 is 1.29 bits per heavy atom. The van der Waals surface area contributed by atoms with Gasteiger partial charge in [-0.15, -0.1) is 0 Å². The molecular formula is C11H24N2S. The van der Waals surface area contributed by atoms with Crippen LogP contribution in [0.4, 0.5) is 0 Å². The van der Waals surface area contributed by atoms with Gasteiger partial charge in [-0.05, 0) is 18.8 Å². The molecule has 1 rings (SSSR count). The Bertz CT molecular complexity index is 144. The van der Waals surface area contributed by atoms with Gasteiger partial charge in [0.05, 0.1) is 0 Å². The number of hydrazine groups is 1. The van der Waals surface area contributed by atoms with E-state index in [9.17, 15) is 0 Å². The van der Waals surface area contributed by atoms with Crippen LogP contribution in [-0.2, 0) is 0 Å². The van der Waals surface area contributed by atoms with Crippen LogP contribution >= 0.6 is 11.8 Å². The summed E-state index contributed by atoms with van der Waals surface area (Å²) in [6.07, 6.45) is 7.14. The van der Waals surface area contributed by atoms with Crippen molar-refractivity contribution in [3.8, 4) is 0 Å². The second kappa shape index (κ2) is 6.70. The molecule has 0 bridgehead atoms. The lowest BCUT2D eigenvalue weighted by atomic mass is 10.0. The van der Waals surface area contributed by atoms with E-state index < -0.39 is 0 Å². The smallest absolute Gasteiger partial charge is 0.0324 e. The normalized spacial score (nSPS) is 21.4. The molecule has 1 aliphatic rings. The highest BCUT2D eigenvalue weighted by molar-refractivity contribution is 7.99. The van der Waals surface area contributed by atoms with E-state index in [4.69, 9.17) is 5.84 Å². The SMILES string of the molecule is CC(C)C(CSC1CCCCC1)NN. The summed E-state index contributed by atoms with van der Waals surface area (Å²) < 4.78 is 0. The lowest BCUT2D eigenvalue weighted by molar-refractivity contribution is 0.441. The van der Waals surface area contributed by atoms with Gasteiger partial charge in [-0.1, -0.05) is 33.1 Å². The lowest BCUT2D eigenvalue weighted by Crippen LogP contribution is -2.41. The van der Waals surface area contributed by atoms with Gasteiger partial charge < -0.3 is 0 Å². The first-order chi connectivity index (χ1) is 6.74. The minimum Gasteiger partial charge on any atom is -0.271 e. The van der Waals surface area contributed by atoms with Gasteiger partial charge in [-0.3, -0.25) is 11.3 Å². The molecule has 0 spiro atoms. The van der Waals surface area contributed by atoms with Gasteiger partial charge in [0.25, 0.3) is 0 Å². The van der Waals surface area contributed by atoms with Crippen molar-refractivity contribution in [1.82, 2.24) is 5.43 Å². The molecule has 0 aromatic heterocycles. The first kappa shape index (κ1) is 12.3. The summed E-state index contributed by atoms with van der Waals surface area (Å²) in [5.74, 6) is 7.33. The molecule has 0 aromatic rings. The molecule has 2 nitrogen and oxygen atoms in total. The zero-order valence-electron chi connectivity index (χ0n) is 9.46. The summed E-state index contributed by atoms with van der Waals surface area (Å²) >= 11 is 2.12. The van der Waals surface area contributed by atoms with Crippen LogP contribution in [0.25, 0.3) is 0 Å². The average Bonchev–Trinajstić information content (AvgIpc) is 2.20. The molecule has 0 amide bonds. The van der Waals surface area contributed by atoms with Gasteiger partial charge in [-0.2, -0.15) is 11.8 Å². The molecule has 1 saturated carbocycles. The quantitative estimate of drug-likeness (QED) is 0.548. The standard InChI is InChI=1S/C11H24N2S/c1-9(2)11(13-12)8-14-10-6-4-3-5-7-10/h9-11,13H,3-8,12H2,1-2H3. The number of nitrogens with one attached hydrogen (secondary N) is 1. The number of hydrogen-bond acceptors (Lipinski definition) is 3. The Kier molecular flexibility index (Phi) is 5.90. The molecule has 84 valence electrons. The minimum absolute atomic E-state index is 0.474. The molecule has 3 heteroatoms. The van der Waals surface area contributed by atoms with Gasteiger partial charge in [0.1, 0.15) is 0 Å². The van der Waals surface area contributed by atoms with Crippen LogP contribution in [0.15, 0.2) is 0 Å². The van der Waals surface area contributed by atoms with Gasteiger partial charge in [0.2, 0.25) is 0 Å². The lowest BCUT2D eigenvalue weighted by Gasteiger charge is -2.25. The van der Waals surface area contributed by atoms with Crippen molar-refractivity contribution >= 4 is 11.8 Å². The molecule has 0 saturated heterocycles. The summed E-state index contributed by atoms with van der Waals surface area (Å²) in [7, 11) is 0. The maximum Gasteiger partial charge on any atom is 0.0324 e. The molecular weight excluding hydrogens is 192 g/mol. The Labute approximate surface area is 92.4 Å². The maximum absolute atomic E-state index is 5.53. The van der Waals surface area contributed by atoms with E-state index in [2.05, 4.69) is 31.0 Å². The maximum atomic E-state index is 5.53. The first-order valence-electron chi connectivity index (χ1n) is 5.81. The fourth-order valence-corrected chi connectivity index (χ4v) is 3.53. The van der Waals surface area contributed by atoms with Gasteiger partial charge in [-0.25, -0.2) is 0 Å². The molecule has 3 N–H and O–H groups in total. The first-order valence-corrected chi connectivity index (χ1v) is 6.86. The van der Waals surface area contributed by atoms with Crippen LogP contribution in [0.5, 0.6) is 0 Å². The van der Waals surface area contributed by atoms with Crippen molar-refractivity contribution in [3.63, 3.8) is 0 Å². The topological polar surface area (TPSA) is 38.0 Å². The molecule has 0 aromatic carbocycles. The monoisotopic (exact) mass is 216 g/mol. The molecule has 14 heavy (non-hydrogen) atoms. The van der Waals surface area contributed by atoms with E-state index in [0.29, 0.717) is 12.0 Å². The molecule has 0 aliphatic heterocycles. The van der Waals surface area contributed by atoms with Crippen molar-refractivity contribution < 1.29 is 0 Å². The highest BCUT2D eigenvalue weighted by Crippen LogP contribution is 2.29. The molecule has 0 heterocycles. The van der Waals surface area contributed by atoms with Gasteiger partial charge in [0.15, 0.2) is 0 Å². The number of hydrogen-bond donors (Lipinski definition) is 2. The van der Waals surface area contributed by atoms with Crippen LogP contribution in [0, 0.1) is 5.92 Å². The Balaban J connectivity index is 2.16. The highest BCUT2D eigenvalue weighted by atomic mass is 32.2. The summed E-state index contributed by atoms with van der Waals surface area (Å²) in [5, 5.41) is 0.901. The zero-order chi connectivity index (χ0) is 10.4. The third-order valence-electron chi connectivity index (χ3n) is 3.08. The van der Waals surface area contributed by atoms with Crippen molar-refractivity contribution in [2.75, 3.05) is 5.75 Å². The van der Waals surface area contributed by atoms with Crippen molar-refractivity contribution in [2.24, 2.45) is 11.8 Å². The van der Waals surface area contributed by atoms with Crippen LogP contribution in [0.3, 0.4) is 0 Å². The number of thioether (sulfide) groups is 1. The third kappa shape index (κ3) is 4.20. The zero-order valence-corrected chi connectivity index (χ0v) is 10.3. The number of nitrogens with two attached hydrogens (primary N) is 1. The van der Waals surface area contributed by atoms with Crippen molar-refractivity contribution in [2.45, 2.75) is 57.2 Å². The van der Waals surface area contributed by atoms with Gasteiger partial charge >= 0.3 is 0 Å². The Hall–Kier alpha value is 0.270. The van der Waals surface area contributed by atoms with E-state index in [1.807, 2.05) is 0 Å². The minimum atomic E-state index is 0.474. The van der Waals surface area contributed by atoms with E-state index >= 15 is 0 Å². The average molecular weight is 216 g/mol. The second-order valence-electron chi connectivity index (χ2n) is 4.61. The van der Waals surface area contributed by atoms with E-state index in [1.165, 1.54) is 37.9 Å². The predicted octanol–water partition coefficient (Wildman–Crippen LogP) is 2.54. The van der Waals surface area contributed by atoms with Crippen LogP contribution in [-0.4, -0.2) is 17.0 Å². The van der Waals surface area contributed by atoms with Gasteiger partial charge in [0, 0.05) is 17.0 Å². The summed E-state index contributed by atoms with van der Waals surface area (Å²) in [4.78, 5) is 0.